The fourth-order valence-corrected chi connectivity index (χ4v) is 3.14. The second kappa shape index (κ2) is 7.42. The van der Waals surface area contributed by atoms with Crippen molar-refractivity contribution in [3.8, 4) is 0 Å². The van der Waals surface area contributed by atoms with E-state index in [2.05, 4.69) is 5.16 Å². The Bertz CT molecular complexity index is 800. The summed E-state index contributed by atoms with van der Waals surface area (Å²) in [5, 5.41) is 3.68. The molecular formula is C17H16F3NO4S. The lowest BCUT2D eigenvalue weighted by Gasteiger charge is -2.13. The first-order valence-electron chi connectivity index (χ1n) is 7.86. The van der Waals surface area contributed by atoms with Gasteiger partial charge in [-0.2, -0.15) is 13.2 Å². The van der Waals surface area contributed by atoms with E-state index >= 15 is 0 Å². The highest BCUT2D eigenvalue weighted by Crippen LogP contribution is 2.42. The first kappa shape index (κ1) is 18.9. The van der Waals surface area contributed by atoms with E-state index in [-0.39, 0.29) is 17.0 Å². The third-order valence-electron chi connectivity index (χ3n) is 3.97. The smallest absolute Gasteiger partial charge is 0.411 e. The molecule has 0 radical (unpaired) electrons. The van der Waals surface area contributed by atoms with Gasteiger partial charge in [0, 0.05) is 11.5 Å². The number of ketones is 1. The van der Waals surface area contributed by atoms with Gasteiger partial charge in [-0.05, 0) is 47.8 Å². The molecule has 0 spiro atoms. The number of hydrogen-bond donors (Lipinski definition) is 0. The van der Waals surface area contributed by atoms with Gasteiger partial charge >= 0.3 is 6.18 Å². The molecule has 140 valence electrons. The van der Waals surface area contributed by atoms with E-state index in [0.717, 1.165) is 12.8 Å². The Morgan fingerprint density at radius 1 is 1.38 bits per heavy atom. The quantitative estimate of drug-likeness (QED) is 0.536. The van der Waals surface area contributed by atoms with Crippen LogP contribution in [0.5, 0.6) is 0 Å². The summed E-state index contributed by atoms with van der Waals surface area (Å²) in [5.41, 5.74) is 0.733. The highest BCUT2D eigenvalue weighted by molar-refractivity contribution is 7.90. The first-order chi connectivity index (χ1) is 12.3. The topological polar surface area (TPSA) is 75.4 Å². The molecule has 1 saturated carbocycles. The summed E-state index contributed by atoms with van der Waals surface area (Å²) in [6.07, 6.45) is 0.114. The number of alkyl halides is 3. The summed E-state index contributed by atoms with van der Waals surface area (Å²) in [7, 11) is 0. The van der Waals surface area contributed by atoms with Gasteiger partial charge in [0.2, 0.25) is 0 Å². The van der Waals surface area contributed by atoms with Crippen LogP contribution in [0.25, 0.3) is 0 Å². The molecular weight excluding hydrogens is 371 g/mol. The maximum atomic E-state index is 12.9. The van der Waals surface area contributed by atoms with Crippen molar-refractivity contribution in [3.63, 3.8) is 0 Å². The summed E-state index contributed by atoms with van der Waals surface area (Å²) in [6, 6.07) is 4.40. The zero-order chi connectivity index (χ0) is 18.9. The lowest BCUT2D eigenvalue weighted by Crippen LogP contribution is -2.18. The second-order valence-electron chi connectivity index (χ2n) is 6.09. The standard InChI is InChI=1S/C17H16F3NO4S/c1-26(23)12-4-5-13(11(6-12)8-24-9-17(18,19)20)15(22)14-7-21-25-16(14)10-2-3-10/h4-7,10H,2-3,8-9H2,1H3. The van der Waals surface area contributed by atoms with Gasteiger partial charge < -0.3 is 13.8 Å². The van der Waals surface area contributed by atoms with Crippen LogP contribution < -0.4 is 0 Å². The molecule has 0 N–H and O–H groups in total. The Morgan fingerprint density at radius 2 is 2.12 bits per heavy atom. The molecule has 0 saturated heterocycles. The fraction of sp³-hybridized carbons (Fsp3) is 0.412. The minimum absolute atomic E-state index is 0.156. The number of benzene rings is 1. The molecule has 5 nitrogen and oxygen atoms in total. The normalized spacial score (nSPS) is 15.9. The molecule has 3 rings (SSSR count). The minimum Gasteiger partial charge on any atom is -0.612 e. The van der Waals surface area contributed by atoms with Crippen molar-refractivity contribution in [1.82, 2.24) is 5.16 Å². The van der Waals surface area contributed by atoms with Gasteiger partial charge in [-0.25, -0.2) is 0 Å². The molecule has 2 aromatic rings. The van der Waals surface area contributed by atoms with Crippen molar-refractivity contribution in [3.05, 3.63) is 46.8 Å². The SMILES string of the molecule is C[S+]([O-])c1ccc(C(=O)c2cnoc2C2CC2)c(COCC(F)(F)F)c1. The van der Waals surface area contributed by atoms with E-state index < -0.39 is 36.3 Å². The van der Waals surface area contributed by atoms with Crippen LogP contribution in [0.2, 0.25) is 0 Å². The lowest BCUT2D eigenvalue weighted by molar-refractivity contribution is -0.176. The van der Waals surface area contributed by atoms with Crippen molar-refractivity contribution in [2.24, 2.45) is 0 Å². The zero-order valence-electron chi connectivity index (χ0n) is 13.8. The highest BCUT2D eigenvalue weighted by atomic mass is 32.2. The maximum absolute atomic E-state index is 12.9. The molecule has 1 heterocycles. The zero-order valence-corrected chi connectivity index (χ0v) is 14.7. The third-order valence-corrected chi connectivity index (χ3v) is 4.89. The van der Waals surface area contributed by atoms with Crippen LogP contribution in [0.4, 0.5) is 13.2 Å². The van der Waals surface area contributed by atoms with Gasteiger partial charge in [-0.1, -0.05) is 5.16 Å². The average Bonchev–Trinajstić information content (AvgIpc) is 3.29. The number of carbonyl (C=O) groups excluding carboxylic acids is 1. The Kier molecular flexibility index (Phi) is 5.40. The molecule has 1 atom stereocenters. The predicted octanol–water partition coefficient (Wildman–Crippen LogP) is 3.60. The number of hydrogen-bond acceptors (Lipinski definition) is 5. The molecule has 1 fully saturated rings. The molecule has 26 heavy (non-hydrogen) atoms. The van der Waals surface area contributed by atoms with E-state index in [1.165, 1.54) is 30.7 Å². The van der Waals surface area contributed by atoms with Crippen LogP contribution in [0.3, 0.4) is 0 Å². The van der Waals surface area contributed by atoms with Gasteiger partial charge in [0.1, 0.15) is 12.9 Å². The van der Waals surface area contributed by atoms with Gasteiger partial charge in [0.25, 0.3) is 0 Å². The monoisotopic (exact) mass is 387 g/mol. The number of ether oxygens (including phenoxy) is 1. The van der Waals surface area contributed by atoms with Crippen molar-refractivity contribution in [2.75, 3.05) is 12.9 Å². The molecule has 1 aliphatic rings. The van der Waals surface area contributed by atoms with Gasteiger partial charge in [-0.3, -0.25) is 4.79 Å². The third kappa shape index (κ3) is 4.46. The number of halogens is 3. The average molecular weight is 387 g/mol. The summed E-state index contributed by atoms with van der Waals surface area (Å²) < 4.78 is 58.5. The van der Waals surface area contributed by atoms with Crippen LogP contribution in [-0.2, 0) is 22.5 Å². The van der Waals surface area contributed by atoms with Crippen LogP contribution in [0.15, 0.2) is 33.8 Å². The first-order valence-corrected chi connectivity index (χ1v) is 9.42. The van der Waals surface area contributed by atoms with Crippen molar-refractivity contribution < 1.29 is 31.8 Å². The summed E-state index contributed by atoms with van der Waals surface area (Å²) in [5.74, 6) is 0.260. The van der Waals surface area contributed by atoms with E-state index in [9.17, 15) is 22.5 Å². The van der Waals surface area contributed by atoms with Crippen LogP contribution in [0, 0.1) is 0 Å². The number of rotatable bonds is 7. The molecule has 0 bridgehead atoms. The van der Waals surface area contributed by atoms with Gasteiger partial charge in [0.15, 0.2) is 16.4 Å². The second-order valence-corrected chi connectivity index (χ2v) is 7.47. The predicted molar refractivity (Wildman–Crippen MR) is 86.4 cm³/mol. The van der Waals surface area contributed by atoms with E-state index in [4.69, 9.17) is 9.26 Å². The van der Waals surface area contributed by atoms with Crippen LogP contribution >= 0.6 is 0 Å². The Hall–Kier alpha value is -1.84. The largest absolute Gasteiger partial charge is 0.612 e. The van der Waals surface area contributed by atoms with E-state index in [1.807, 2.05) is 0 Å². The Labute approximate surface area is 150 Å². The molecule has 1 aromatic carbocycles. The number of carbonyl (C=O) groups is 1. The minimum atomic E-state index is -4.47. The molecule has 1 unspecified atom stereocenters. The van der Waals surface area contributed by atoms with Crippen LogP contribution in [0.1, 0.15) is 46.0 Å². The van der Waals surface area contributed by atoms with Gasteiger partial charge in [-0.15, -0.1) is 0 Å². The number of aromatic nitrogens is 1. The molecule has 1 aromatic heterocycles. The lowest BCUT2D eigenvalue weighted by atomic mass is 9.98. The van der Waals surface area contributed by atoms with Crippen LogP contribution in [-0.4, -0.2) is 34.5 Å². The summed E-state index contributed by atoms with van der Waals surface area (Å²) in [6.45, 7) is -1.85. The van der Waals surface area contributed by atoms with Crippen molar-refractivity contribution in [1.29, 1.82) is 0 Å². The summed E-state index contributed by atoms with van der Waals surface area (Å²) in [4.78, 5) is 13.3. The highest BCUT2D eigenvalue weighted by Gasteiger charge is 2.33. The van der Waals surface area contributed by atoms with Gasteiger partial charge in [0.05, 0.1) is 18.4 Å². The molecule has 1 aliphatic carbocycles. The summed E-state index contributed by atoms with van der Waals surface area (Å²) >= 11 is -1.34. The molecule has 0 aliphatic heterocycles. The van der Waals surface area contributed by atoms with Crippen molar-refractivity contribution >= 4 is 17.0 Å². The maximum Gasteiger partial charge on any atom is 0.411 e. The van der Waals surface area contributed by atoms with E-state index in [1.54, 1.807) is 0 Å². The Morgan fingerprint density at radius 3 is 2.73 bits per heavy atom. The molecule has 0 amide bonds. The molecule has 9 heteroatoms. The van der Waals surface area contributed by atoms with E-state index in [0.29, 0.717) is 16.2 Å². The fourth-order valence-electron chi connectivity index (χ4n) is 2.57. The Balaban J connectivity index is 1.89. The number of nitrogens with zero attached hydrogens (tertiary/aromatic N) is 1. The van der Waals surface area contributed by atoms with Crippen molar-refractivity contribution in [2.45, 2.75) is 36.4 Å².